The molecule has 18 heavy (non-hydrogen) atoms. The van der Waals surface area contributed by atoms with E-state index < -0.39 is 0 Å². The minimum atomic E-state index is -0.358. The van der Waals surface area contributed by atoms with E-state index in [0.29, 0.717) is 5.92 Å². The Kier molecular flexibility index (Phi) is 4.15. The van der Waals surface area contributed by atoms with E-state index in [-0.39, 0.29) is 10.6 Å². The lowest BCUT2D eigenvalue weighted by Crippen LogP contribution is -2.09. The molecule has 0 amide bonds. The summed E-state index contributed by atoms with van der Waals surface area (Å²) in [6, 6.07) is 5.09. The lowest BCUT2D eigenvalue weighted by atomic mass is 10.1. The molecule has 0 radical (unpaired) electrons. The molecule has 1 aromatic rings. The first-order chi connectivity index (χ1) is 8.65. The fraction of sp³-hybridized carbons (Fsp3) is 0.538. The number of rotatable bonds is 5. The number of benzene rings is 1. The highest BCUT2D eigenvalue weighted by molar-refractivity contribution is 5.53. The molecule has 2 rings (SSSR count). The molecule has 98 valence electrons. The van der Waals surface area contributed by atoms with Crippen molar-refractivity contribution in [1.82, 2.24) is 0 Å². The molecule has 0 saturated carbocycles. The number of hydrogen-bond acceptors (Lipinski definition) is 4. The van der Waals surface area contributed by atoms with E-state index >= 15 is 0 Å². The van der Waals surface area contributed by atoms with Crippen molar-refractivity contribution < 1.29 is 9.66 Å². The van der Waals surface area contributed by atoms with Gasteiger partial charge in [-0.15, -0.1) is 0 Å². The van der Waals surface area contributed by atoms with Gasteiger partial charge in [-0.2, -0.15) is 0 Å². The zero-order valence-electron chi connectivity index (χ0n) is 10.5. The normalized spacial score (nSPS) is 18.8. The second-order valence-corrected chi connectivity index (χ2v) is 4.76. The number of nitro groups is 1. The van der Waals surface area contributed by atoms with E-state index in [0.717, 1.165) is 43.9 Å². The third-order valence-electron chi connectivity index (χ3n) is 3.18. The minimum absolute atomic E-state index is 0.140. The van der Waals surface area contributed by atoms with Crippen LogP contribution < -0.4 is 5.32 Å². The van der Waals surface area contributed by atoms with Gasteiger partial charge in [0.1, 0.15) is 0 Å². The molecule has 1 aromatic carbocycles. The molecule has 1 aliphatic rings. The Morgan fingerprint density at radius 2 is 2.33 bits per heavy atom. The first-order valence-electron chi connectivity index (χ1n) is 6.23. The van der Waals surface area contributed by atoms with Gasteiger partial charge in [-0.25, -0.2) is 0 Å². The van der Waals surface area contributed by atoms with Gasteiger partial charge in [-0.05, 0) is 37.3 Å². The third kappa shape index (κ3) is 3.43. The first kappa shape index (κ1) is 12.8. The molecule has 1 N–H and O–H groups in total. The van der Waals surface area contributed by atoms with E-state index in [2.05, 4.69) is 5.32 Å². The Morgan fingerprint density at radius 1 is 1.50 bits per heavy atom. The molecule has 0 aromatic heterocycles. The number of aryl methyl sites for hydroxylation is 1. The van der Waals surface area contributed by atoms with Crippen LogP contribution in [0.5, 0.6) is 0 Å². The molecule has 0 spiro atoms. The summed E-state index contributed by atoms with van der Waals surface area (Å²) in [5.41, 5.74) is 1.86. The molecule has 0 aliphatic carbocycles. The summed E-state index contributed by atoms with van der Waals surface area (Å²) in [5, 5.41) is 14.0. The molecule has 1 atom stereocenters. The summed E-state index contributed by atoms with van der Waals surface area (Å²) >= 11 is 0. The van der Waals surface area contributed by atoms with Crippen molar-refractivity contribution in [3.05, 3.63) is 33.9 Å². The van der Waals surface area contributed by atoms with Gasteiger partial charge in [0.05, 0.1) is 4.92 Å². The van der Waals surface area contributed by atoms with Crippen LogP contribution >= 0.6 is 0 Å². The van der Waals surface area contributed by atoms with Crippen LogP contribution in [-0.2, 0) is 4.74 Å². The van der Waals surface area contributed by atoms with Gasteiger partial charge in [0.25, 0.3) is 5.69 Å². The van der Waals surface area contributed by atoms with E-state index in [1.165, 1.54) is 0 Å². The van der Waals surface area contributed by atoms with E-state index in [1.54, 1.807) is 12.1 Å². The van der Waals surface area contributed by atoms with Gasteiger partial charge < -0.3 is 10.1 Å². The number of hydrogen-bond donors (Lipinski definition) is 1. The van der Waals surface area contributed by atoms with Crippen molar-refractivity contribution in [2.45, 2.75) is 19.8 Å². The first-order valence-corrected chi connectivity index (χ1v) is 6.23. The summed E-state index contributed by atoms with van der Waals surface area (Å²) in [4.78, 5) is 10.4. The average molecular weight is 250 g/mol. The highest BCUT2D eigenvalue weighted by atomic mass is 16.6. The number of nitro benzene ring substituents is 1. The number of nitrogens with zero attached hydrogens (tertiary/aromatic N) is 1. The fourth-order valence-electron chi connectivity index (χ4n) is 2.20. The molecule has 1 fully saturated rings. The van der Waals surface area contributed by atoms with Gasteiger partial charge in [0.2, 0.25) is 0 Å². The Hall–Kier alpha value is -1.62. The second kappa shape index (κ2) is 5.82. The monoisotopic (exact) mass is 250 g/mol. The van der Waals surface area contributed by atoms with Gasteiger partial charge in [0.15, 0.2) is 0 Å². The SMILES string of the molecule is Cc1cc(NCCC2CCOC2)cc([N+](=O)[O-])c1. The zero-order chi connectivity index (χ0) is 13.0. The van der Waals surface area contributed by atoms with Crippen LogP contribution in [0.1, 0.15) is 18.4 Å². The Bertz CT molecular complexity index is 428. The minimum Gasteiger partial charge on any atom is -0.385 e. The Balaban J connectivity index is 1.89. The number of nitrogens with one attached hydrogen (secondary N) is 1. The van der Waals surface area contributed by atoms with Gasteiger partial charge in [-0.3, -0.25) is 10.1 Å². The fourth-order valence-corrected chi connectivity index (χ4v) is 2.20. The van der Waals surface area contributed by atoms with Crippen LogP contribution in [0, 0.1) is 23.0 Å². The van der Waals surface area contributed by atoms with Crippen LogP contribution in [0.25, 0.3) is 0 Å². The predicted octanol–water partition coefficient (Wildman–Crippen LogP) is 2.74. The highest BCUT2D eigenvalue weighted by Gasteiger charge is 2.15. The van der Waals surface area contributed by atoms with Crippen molar-refractivity contribution >= 4 is 11.4 Å². The molecular weight excluding hydrogens is 232 g/mol. The van der Waals surface area contributed by atoms with Crippen molar-refractivity contribution in [3.63, 3.8) is 0 Å². The highest BCUT2D eigenvalue weighted by Crippen LogP contribution is 2.21. The van der Waals surface area contributed by atoms with Crippen molar-refractivity contribution in [1.29, 1.82) is 0 Å². The molecule has 0 bridgehead atoms. The molecule has 1 aliphatic heterocycles. The van der Waals surface area contributed by atoms with Crippen molar-refractivity contribution in [3.8, 4) is 0 Å². The Labute approximate surface area is 106 Å². The number of ether oxygens (including phenoxy) is 1. The molecule has 5 heteroatoms. The predicted molar refractivity (Wildman–Crippen MR) is 69.9 cm³/mol. The van der Waals surface area contributed by atoms with Gasteiger partial charge in [0, 0.05) is 37.6 Å². The summed E-state index contributed by atoms with van der Waals surface area (Å²) < 4.78 is 5.31. The summed E-state index contributed by atoms with van der Waals surface area (Å²) in [7, 11) is 0. The van der Waals surface area contributed by atoms with E-state index in [4.69, 9.17) is 4.74 Å². The molecule has 5 nitrogen and oxygen atoms in total. The number of non-ortho nitro benzene ring substituents is 1. The maximum absolute atomic E-state index is 10.7. The largest absolute Gasteiger partial charge is 0.385 e. The van der Waals surface area contributed by atoms with Gasteiger partial charge in [-0.1, -0.05) is 0 Å². The van der Waals surface area contributed by atoms with Crippen molar-refractivity contribution in [2.75, 3.05) is 25.1 Å². The number of anilines is 1. The quantitative estimate of drug-likeness (QED) is 0.644. The average Bonchev–Trinajstić information content (AvgIpc) is 2.81. The summed E-state index contributed by atoms with van der Waals surface area (Å²) in [6.07, 6.45) is 2.16. The molecular formula is C13H18N2O3. The van der Waals surface area contributed by atoms with Crippen LogP contribution in [0.3, 0.4) is 0 Å². The van der Waals surface area contributed by atoms with Gasteiger partial charge >= 0.3 is 0 Å². The van der Waals surface area contributed by atoms with Crippen LogP contribution in [0.4, 0.5) is 11.4 Å². The smallest absolute Gasteiger partial charge is 0.271 e. The van der Waals surface area contributed by atoms with E-state index in [1.807, 2.05) is 13.0 Å². The standard InChI is InChI=1S/C13H18N2O3/c1-10-6-12(8-13(7-10)15(16)17)14-4-2-11-3-5-18-9-11/h6-8,11,14H,2-5,9H2,1H3. The zero-order valence-corrected chi connectivity index (χ0v) is 10.5. The van der Waals surface area contributed by atoms with Crippen LogP contribution in [0.2, 0.25) is 0 Å². The lowest BCUT2D eigenvalue weighted by Gasteiger charge is -2.10. The second-order valence-electron chi connectivity index (χ2n) is 4.76. The van der Waals surface area contributed by atoms with Crippen LogP contribution in [-0.4, -0.2) is 24.7 Å². The van der Waals surface area contributed by atoms with Crippen molar-refractivity contribution in [2.24, 2.45) is 5.92 Å². The maximum Gasteiger partial charge on any atom is 0.271 e. The third-order valence-corrected chi connectivity index (χ3v) is 3.18. The van der Waals surface area contributed by atoms with Crippen LogP contribution in [0.15, 0.2) is 18.2 Å². The molecule has 1 unspecified atom stereocenters. The topological polar surface area (TPSA) is 64.4 Å². The van der Waals surface area contributed by atoms with E-state index in [9.17, 15) is 10.1 Å². The maximum atomic E-state index is 10.7. The Morgan fingerprint density at radius 3 is 3.00 bits per heavy atom. The molecule has 1 heterocycles. The summed E-state index contributed by atoms with van der Waals surface area (Å²) in [6.45, 7) is 4.40. The summed E-state index contributed by atoms with van der Waals surface area (Å²) in [5.74, 6) is 0.622. The lowest BCUT2D eigenvalue weighted by molar-refractivity contribution is -0.384. The molecule has 1 saturated heterocycles.